The molecular formula is C10H12F5N2O11P3S2. The van der Waals surface area contributed by atoms with E-state index in [9.17, 15) is 36.2 Å². The first-order valence-corrected chi connectivity index (χ1v) is 13.2. The molecule has 0 amide bonds. The molecule has 5 atom stereocenters. The maximum atomic E-state index is 15.0. The Balaban J connectivity index is 2.25. The smallest absolute Gasteiger partial charge is 0.348 e. The van der Waals surface area contributed by atoms with Gasteiger partial charge in [-0.25, -0.2) is 22.5 Å². The van der Waals surface area contributed by atoms with E-state index in [1.54, 1.807) is 0 Å². The van der Waals surface area contributed by atoms with Gasteiger partial charge in [-0.15, -0.1) is 0 Å². The summed E-state index contributed by atoms with van der Waals surface area (Å²) in [5, 5.41) is 0. The van der Waals surface area contributed by atoms with E-state index in [4.69, 9.17) is 31.6 Å². The van der Waals surface area contributed by atoms with E-state index in [0.29, 0.717) is 6.20 Å². The van der Waals surface area contributed by atoms with Crippen LogP contribution >= 0.6 is 47.9 Å². The molecule has 5 unspecified atom stereocenters. The number of hydrogen-bond donors (Lipinski definition) is 5. The third-order valence-corrected chi connectivity index (χ3v) is 8.14. The molecule has 0 radical (unpaired) electrons. The van der Waals surface area contributed by atoms with Gasteiger partial charge >= 0.3 is 29.6 Å². The Morgan fingerprint density at radius 3 is 2.27 bits per heavy atom. The number of nitrogens with zero attached hydrogens (tertiary/aromatic N) is 1. The van der Waals surface area contributed by atoms with Gasteiger partial charge in [0.05, 0.1) is 12.7 Å². The van der Waals surface area contributed by atoms with Crippen molar-refractivity contribution in [1.29, 1.82) is 0 Å². The lowest BCUT2D eigenvalue weighted by molar-refractivity contribution is -0.256. The van der Waals surface area contributed by atoms with Gasteiger partial charge in [-0.1, -0.05) is 12.2 Å². The van der Waals surface area contributed by atoms with Crippen LogP contribution in [0.3, 0.4) is 0 Å². The number of hydrogen-bond acceptors (Lipinski definition) is 9. The lowest BCUT2D eigenvalue weighted by atomic mass is 9.99. The number of ether oxygens (including phenoxy) is 1. The number of aromatic amines is 1. The van der Waals surface area contributed by atoms with E-state index in [2.05, 4.69) is 25.4 Å². The van der Waals surface area contributed by atoms with Crippen LogP contribution in [0.2, 0.25) is 0 Å². The minimum Gasteiger partial charge on any atom is -0.348 e. The summed E-state index contributed by atoms with van der Waals surface area (Å²) in [5.41, 5.74) is -4.22. The fourth-order valence-corrected chi connectivity index (χ4v) is 6.04. The largest absolute Gasteiger partial charge is 0.490 e. The Labute approximate surface area is 189 Å². The number of nitrogens with one attached hydrogen (secondary N) is 1. The van der Waals surface area contributed by atoms with Crippen molar-refractivity contribution in [3.63, 3.8) is 0 Å². The van der Waals surface area contributed by atoms with Gasteiger partial charge in [0.1, 0.15) is 4.64 Å². The summed E-state index contributed by atoms with van der Waals surface area (Å²) in [4.78, 5) is 37.3. The minimum absolute atomic E-state index is 0.235. The van der Waals surface area contributed by atoms with Crippen molar-refractivity contribution >= 4 is 47.9 Å². The van der Waals surface area contributed by atoms with Crippen LogP contribution in [0.25, 0.3) is 0 Å². The van der Waals surface area contributed by atoms with Crippen molar-refractivity contribution in [1.82, 2.24) is 9.55 Å². The SMILES string of the molecule is O=P(O)(O)OP(=O)(O)OP(=O)(O)OCC1CC(F)(C(F)(F)F)C(n2cc(F)c(=S)[nH]c2=S)O1. The topological polar surface area (TPSA) is 190 Å². The van der Waals surface area contributed by atoms with Crippen molar-refractivity contribution in [2.45, 2.75) is 30.6 Å². The molecule has 0 saturated carbocycles. The van der Waals surface area contributed by atoms with Crippen molar-refractivity contribution < 1.29 is 73.1 Å². The van der Waals surface area contributed by atoms with Crippen molar-refractivity contribution in [3.8, 4) is 0 Å². The average molecular weight is 588 g/mol. The van der Waals surface area contributed by atoms with Gasteiger partial charge in [-0.05, 0) is 12.2 Å². The number of rotatable bonds is 8. The standard InChI is InChI=1S/C10H12F5N2O11P3S2/c11-5-2-17(8(33)16-6(5)32)7-9(12,10(13,14)15)1-4(26-7)3-25-30(21,22)28-31(23,24)27-29(18,19)20/h2,4,7H,1,3H2,(H,21,22)(H,23,24)(H,16,32,33)(H2,18,19,20). The molecule has 23 heteroatoms. The molecule has 190 valence electrons. The highest BCUT2D eigenvalue weighted by molar-refractivity contribution is 7.72. The maximum absolute atomic E-state index is 15.0. The lowest BCUT2D eigenvalue weighted by Gasteiger charge is -2.29. The summed E-state index contributed by atoms with van der Waals surface area (Å²) in [5.74, 6) is -1.27. The van der Waals surface area contributed by atoms with Crippen molar-refractivity contribution in [3.05, 3.63) is 21.4 Å². The van der Waals surface area contributed by atoms with Crippen LogP contribution in [0.5, 0.6) is 0 Å². The van der Waals surface area contributed by atoms with Crippen LogP contribution in [0.15, 0.2) is 6.20 Å². The Hall–Kier alpha value is -0.460. The summed E-state index contributed by atoms with van der Waals surface area (Å²) < 4.78 is 118. The molecule has 2 heterocycles. The maximum Gasteiger partial charge on any atom is 0.490 e. The Morgan fingerprint density at radius 1 is 1.18 bits per heavy atom. The first kappa shape index (κ1) is 28.8. The first-order valence-electron chi connectivity index (χ1n) is 7.86. The number of halogens is 5. The number of phosphoric acid groups is 3. The van der Waals surface area contributed by atoms with Crippen LogP contribution in [0, 0.1) is 15.2 Å². The predicted octanol–water partition coefficient (Wildman–Crippen LogP) is 3.32. The highest BCUT2D eigenvalue weighted by Crippen LogP contribution is 2.66. The zero-order valence-corrected chi connectivity index (χ0v) is 19.6. The van der Waals surface area contributed by atoms with Gasteiger partial charge in [0, 0.05) is 12.6 Å². The van der Waals surface area contributed by atoms with Crippen molar-refractivity contribution in [2.24, 2.45) is 0 Å². The fourth-order valence-electron chi connectivity index (χ4n) is 2.53. The van der Waals surface area contributed by atoms with E-state index in [0.717, 1.165) is 0 Å². The van der Waals surface area contributed by atoms with E-state index in [1.165, 1.54) is 0 Å². The van der Waals surface area contributed by atoms with E-state index in [1.807, 2.05) is 4.98 Å². The van der Waals surface area contributed by atoms with E-state index >= 15 is 4.39 Å². The van der Waals surface area contributed by atoms with Crippen LogP contribution < -0.4 is 0 Å². The molecule has 0 spiro atoms. The van der Waals surface area contributed by atoms with Gasteiger partial charge in [-0.2, -0.15) is 21.8 Å². The Kier molecular flexibility index (Phi) is 8.32. The fraction of sp³-hybridized carbons (Fsp3) is 0.600. The molecule has 5 N–H and O–H groups in total. The number of aromatic nitrogens is 2. The molecule has 1 aliphatic heterocycles. The van der Waals surface area contributed by atoms with Gasteiger partial charge in [0.15, 0.2) is 16.8 Å². The zero-order valence-electron chi connectivity index (χ0n) is 15.3. The summed E-state index contributed by atoms with van der Waals surface area (Å²) >= 11 is 9.24. The molecule has 13 nitrogen and oxygen atoms in total. The van der Waals surface area contributed by atoms with Gasteiger partial charge in [-0.3, -0.25) is 9.09 Å². The molecule has 1 aromatic heterocycles. The molecule has 1 fully saturated rings. The zero-order chi connectivity index (χ0) is 25.6. The molecule has 1 aromatic rings. The number of phosphoric ester groups is 1. The van der Waals surface area contributed by atoms with Crippen LogP contribution in [0.1, 0.15) is 12.6 Å². The molecule has 33 heavy (non-hydrogen) atoms. The number of alkyl halides is 4. The molecule has 0 bridgehead atoms. The third kappa shape index (κ3) is 7.27. The Morgan fingerprint density at radius 2 is 1.76 bits per heavy atom. The first-order chi connectivity index (χ1) is 14.7. The van der Waals surface area contributed by atoms with Crippen molar-refractivity contribution in [2.75, 3.05) is 6.61 Å². The second-order valence-corrected chi connectivity index (χ2v) is 11.4. The summed E-state index contributed by atoms with van der Waals surface area (Å²) in [7, 11) is -17.3. The van der Waals surface area contributed by atoms with Crippen LogP contribution in [0.4, 0.5) is 22.0 Å². The molecule has 1 saturated heterocycles. The van der Waals surface area contributed by atoms with Crippen LogP contribution in [-0.2, 0) is 31.6 Å². The lowest BCUT2D eigenvalue weighted by Crippen LogP contribution is -2.45. The summed E-state index contributed by atoms with van der Waals surface area (Å²) in [6.45, 7) is -1.37. The van der Waals surface area contributed by atoms with Crippen LogP contribution in [-0.4, -0.2) is 53.7 Å². The quantitative estimate of drug-likeness (QED) is 0.169. The highest BCUT2D eigenvalue weighted by atomic mass is 32.1. The third-order valence-electron chi connectivity index (χ3n) is 3.73. The highest BCUT2D eigenvalue weighted by Gasteiger charge is 2.67. The molecule has 2 rings (SSSR count). The molecule has 0 aromatic carbocycles. The normalized spacial score (nSPS) is 27.8. The second kappa shape index (κ2) is 9.54. The Bertz CT molecular complexity index is 1170. The average Bonchev–Trinajstić information content (AvgIpc) is 2.91. The predicted molar refractivity (Wildman–Crippen MR) is 98.6 cm³/mol. The monoisotopic (exact) mass is 588 g/mol. The summed E-state index contributed by atoms with van der Waals surface area (Å²) in [6.07, 6.45) is -11.5. The van der Waals surface area contributed by atoms with Gasteiger partial charge < -0.3 is 29.3 Å². The molecule has 0 aliphatic carbocycles. The molecule has 1 aliphatic rings. The van der Waals surface area contributed by atoms with E-state index < -0.39 is 75.9 Å². The number of H-pyrrole nitrogens is 1. The summed E-state index contributed by atoms with van der Waals surface area (Å²) in [6, 6.07) is 0. The second-order valence-electron chi connectivity index (χ2n) is 6.21. The van der Waals surface area contributed by atoms with Gasteiger partial charge in [0.25, 0.3) is 5.67 Å². The molecular weight excluding hydrogens is 576 g/mol. The minimum atomic E-state index is -5.90. The van der Waals surface area contributed by atoms with E-state index in [-0.39, 0.29) is 4.57 Å². The van der Waals surface area contributed by atoms with Gasteiger partial charge in [0.2, 0.25) is 0 Å².